The summed E-state index contributed by atoms with van der Waals surface area (Å²) >= 11 is 1.26. The number of rotatable bonds is 6. The zero-order valence-electron chi connectivity index (χ0n) is 11.2. The second kappa shape index (κ2) is 7.01. The molecule has 1 aromatic heterocycles. The van der Waals surface area contributed by atoms with Crippen LogP contribution >= 0.6 is 11.3 Å². The van der Waals surface area contributed by atoms with E-state index in [2.05, 4.69) is 5.32 Å². The van der Waals surface area contributed by atoms with E-state index < -0.39 is 17.9 Å². The number of thiophene rings is 1. The molecule has 2 aromatic rings. The summed E-state index contributed by atoms with van der Waals surface area (Å²) in [7, 11) is 0. The molecule has 1 atom stereocenters. The van der Waals surface area contributed by atoms with Crippen molar-refractivity contribution in [3.05, 3.63) is 46.7 Å². The minimum absolute atomic E-state index is 0.0207. The lowest BCUT2D eigenvalue weighted by Crippen LogP contribution is -2.41. The number of aliphatic hydroxyl groups is 1. The fourth-order valence-corrected chi connectivity index (χ4v) is 2.76. The number of carboxylic acids is 1. The standard InChI is InChI=1S/C15H15NO4S/c17-8-6-12(15(19)20)16-14(18)13-11(7-9-21-13)10-4-2-1-3-5-10/h1-5,7,9,12,17H,6,8H2,(H,16,18)(H,19,20)/t12-/m1/s1. The molecule has 0 radical (unpaired) electrons. The number of hydrogen-bond acceptors (Lipinski definition) is 4. The summed E-state index contributed by atoms with van der Waals surface area (Å²) in [5.41, 5.74) is 1.67. The van der Waals surface area contributed by atoms with Gasteiger partial charge in [0.05, 0.1) is 4.88 Å². The van der Waals surface area contributed by atoms with Crippen LogP contribution in [0, 0.1) is 0 Å². The van der Waals surface area contributed by atoms with Gasteiger partial charge in [0, 0.05) is 18.6 Å². The van der Waals surface area contributed by atoms with E-state index in [-0.39, 0.29) is 13.0 Å². The Hall–Kier alpha value is -2.18. The lowest BCUT2D eigenvalue weighted by Gasteiger charge is -2.13. The first-order valence-electron chi connectivity index (χ1n) is 6.41. The molecule has 1 heterocycles. The molecule has 21 heavy (non-hydrogen) atoms. The summed E-state index contributed by atoms with van der Waals surface area (Å²) < 4.78 is 0. The molecular weight excluding hydrogens is 290 g/mol. The molecule has 3 N–H and O–H groups in total. The Morgan fingerprint density at radius 1 is 1.19 bits per heavy atom. The van der Waals surface area contributed by atoms with Crippen LogP contribution < -0.4 is 5.32 Å². The van der Waals surface area contributed by atoms with Crippen molar-refractivity contribution in [2.45, 2.75) is 12.5 Å². The summed E-state index contributed by atoms with van der Waals surface area (Å²) in [6, 6.07) is 10.2. The first kappa shape index (κ1) is 15.2. The van der Waals surface area contributed by atoms with E-state index in [1.807, 2.05) is 36.4 Å². The van der Waals surface area contributed by atoms with Crippen molar-refractivity contribution in [3.8, 4) is 11.1 Å². The van der Waals surface area contributed by atoms with Gasteiger partial charge in [0.15, 0.2) is 0 Å². The number of carboxylic acid groups (broad SMARTS) is 1. The van der Waals surface area contributed by atoms with Crippen LogP contribution in [0.5, 0.6) is 0 Å². The first-order chi connectivity index (χ1) is 10.1. The number of nitrogens with one attached hydrogen (secondary N) is 1. The number of hydrogen-bond donors (Lipinski definition) is 3. The van der Waals surface area contributed by atoms with Gasteiger partial charge in [-0.25, -0.2) is 4.79 Å². The number of aliphatic hydroxyl groups excluding tert-OH is 1. The molecule has 0 fully saturated rings. The van der Waals surface area contributed by atoms with Crippen LogP contribution in [0.25, 0.3) is 11.1 Å². The molecule has 0 saturated carbocycles. The van der Waals surface area contributed by atoms with Crippen LogP contribution in [-0.4, -0.2) is 34.7 Å². The SMILES string of the molecule is O=C(N[C@H](CCO)C(=O)O)c1sccc1-c1ccccc1. The molecule has 5 nitrogen and oxygen atoms in total. The van der Waals surface area contributed by atoms with Gasteiger partial charge in [0.2, 0.25) is 0 Å². The molecule has 0 aliphatic heterocycles. The number of carbonyl (C=O) groups excluding carboxylic acids is 1. The van der Waals surface area contributed by atoms with Crippen LogP contribution in [0.2, 0.25) is 0 Å². The van der Waals surface area contributed by atoms with E-state index in [4.69, 9.17) is 10.2 Å². The molecule has 110 valence electrons. The fourth-order valence-electron chi connectivity index (χ4n) is 1.94. The van der Waals surface area contributed by atoms with E-state index in [9.17, 15) is 9.59 Å². The fraction of sp³-hybridized carbons (Fsp3) is 0.200. The van der Waals surface area contributed by atoms with Crippen LogP contribution in [0.1, 0.15) is 16.1 Å². The van der Waals surface area contributed by atoms with Crippen molar-refractivity contribution >= 4 is 23.2 Å². The minimum atomic E-state index is -1.16. The normalized spacial score (nSPS) is 11.9. The molecule has 1 aromatic carbocycles. The Morgan fingerprint density at radius 3 is 2.52 bits per heavy atom. The predicted octanol–water partition coefficient (Wildman–Crippen LogP) is 1.98. The molecule has 6 heteroatoms. The smallest absolute Gasteiger partial charge is 0.326 e. The molecule has 1 amide bonds. The second-order valence-electron chi connectivity index (χ2n) is 4.41. The van der Waals surface area contributed by atoms with Crippen LogP contribution in [0.3, 0.4) is 0 Å². The van der Waals surface area contributed by atoms with Crippen molar-refractivity contribution < 1.29 is 19.8 Å². The van der Waals surface area contributed by atoms with Gasteiger partial charge in [0.25, 0.3) is 5.91 Å². The lowest BCUT2D eigenvalue weighted by molar-refractivity contribution is -0.139. The van der Waals surface area contributed by atoms with E-state index in [0.717, 1.165) is 11.1 Å². The van der Waals surface area contributed by atoms with Crippen molar-refractivity contribution in [3.63, 3.8) is 0 Å². The van der Waals surface area contributed by atoms with Crippen molar-refractivity contribution in [1.82, 2.24) is 5.32 Å². The highest BCUT2D eigenvalue weighted by atomic mass is 32.1. The highest BCUT2D eigenvalue weighted by Crippen LogP contribution is 2.28. The number of aliphatic carboxylic acids is 1. The molecule has 2 rings (SSSR count). The number of benzene rings is 1. The Kier molecular flexibility index (Phi) is 5.08. The van der Waals surface area contributed by atoms with Gasteiger partial charge in [-0.3, -0.25) is 4.79 Å². The summed E-state index contributed by atoms with van der Waals surface area (Å²) in [5.74, 6) is -1.60. The summed E-state index contributed by atoms with van der Waals surface area (Å²) in [6.07, 6.45) is -0.0207. The number of carbonyl (C=O) groups is 2. The summed E-state index contributed by atoms with van der Waals surface area (Å²) in [4.78, 5) is 23.7. The third-order valence-corrected chi connectivity index (χ3v) is 3.89. The zero-order chi connectivity index (χ0) is 15.2. The molecule has 0 saturated heterocycles. The maximum Gasteiger partial charge on any atom is 0.326 e. The monoisotopic (exact) mass is 305 g/mol. The maximum atomic E-state index is 12.2. The predicted molar refractivity (Wildman–Crippen MR) is 80.3 cm³/mol. The average molecular weight is 305 g/mol. The maximum absolute atomic E-state index is 12.2. The Balaban J connectivity index is 2.21. The number of amides is 1. The average Bonchev–Trinajstić information content (AvgIpc) is 2.97. The van der Waals surface area contributed by atoms with Gasteiger partial charge in [-0.2, -0.15) is 0 Å². The third kappa shape index (κ3) is 3.68. The zero-order valence-corrected chi connectivity index (χ0v) is 12.0. The van der Waals surface area contributed by atoms with Gasteiger partial charge < -0.3 is 15.5 Å². The molecule has 0 unspecified atom stereocenters. The van der Waals surface area contributed by atoms with Crippen LogP contribution in [0.15, 0.2) is 41.8 Å². The molecule has 0 aliphatic carbocycles. The Bertz CT molecular complexity index is 624. The van der Waals surface area contributed by atoms with Gasteiger partial charge in [-0.05, 0) is 17.0 Å². The van der Waals surface area contributed by atoms with Crippen molar-refractivity contribution in [2.75, 3.05) is 6.61 Å². The van der Waals surface area contributed by atoms with Crippen LogP contribution in [0.4, 0.5) is 0 Å². The van der Waals surface area contributed by atoms with Crippen molar-refractivity contribution in [1.29, 1.82) is 0 Å². The highest BCUT2D eigenvalue weighted by Gasteiger charge is 2.22. The summed E-state index contributed by atoms with van der Waals surface area (Å²) in [6.45, 7) is -0.298. The Morgan fingerprint density at radius 2 is 1.90 bits per heavy atom. The van der Waals surface area contributed by atoms with Gasteiger partial charge in [-0.1, -0.05) is 30.3 Å². The quantitative estimate of drug-likeness (QED) is 0.761. The van der Waals surface area contributed by atoms with E-state index >= 15 is 0 Å². The van der Waals surface area contributed by atoms with Crippen molar-refractivity contribution in [2.24, 2.45) is 0 Å². The molecule has 0 aliphatic rings. The Labute approximate surface area is 125 Å². The van der Waals surface area contributed by atoms with Gasteiger partial charge >= 0.3 is 5.97 Å². The lowest BCUT2D eigenvalue weighted by atomic mass is 10.1. The van der Waals surface area contributed by atoms with Gasteiger partial charge in [-0.15, -0.1) is 11.3 Å². The van der Waals surface area contributed by atoms with Gasteiger partial charge in [0.1, 0.15) is 6.04 Å². The topological polar surface area (TPSA) is 86.6 Å². The second-order valence-corrected chi connectivity index (χ2v) is 5.32. The highest BCUT2D eigenvalue weighted by molar-refractivity contribution is 7.12. The third-order valence-electron chi connectivity index (χ3n) is 2.98. The first-order valence-corrected chi connectivity index (χ1v) is 7.29. The van der Waals surface area contributed by atoms with Crippen LogP contribution in [-0.2, 0) is 4.79 Å². The molecule has 0 spiro atoms. The van der Waals surface area contributed by atoms with E-state index in [1.54, 1.807) is 5.38 Å². The van der Waals surface area contributed by atoms with E-state index in [0.29, 0.717) is 4.88 Å². The molecule has 0 bridgehead atoms. The molecular formula is C15H15NO4S. The summed E-state index contributed by atoms with van der Waals surface area (Å²) in [5, 5.41) is 22.1. The van der Waals surface area contributed by atoms with E-state index in [1.165, 1.54) is 11.3 Å². The largest absolute Gasteiger partial charge is 0.480 e. The minimum Gasteiger partial charge on any atom is -0.480 e.